The molecule has 0 saturated carbocycles. The van der Waals surface area contributed by atoms with Crippen LogP contribution in [0, 0.1) is 19.8 Å². The first-order valence-corrected chi connectivity index (χ1v) is 7.52. The molecule has 1 heterocycles. The Bertz CT molecular complexity index is 484. The number of hydrogen-bond donors (Lipinski definition) is 1. The summed E-state index contributed by atoms with van der Waals surface area (Å²) in [6.45, 7) is 8.17. The van der Waals surface area contributed by atoms with Gasteiger partial charge in [0.2, 0.25) is 5.91 Å². The van der Waals surface area contributed by atoms with Gasteiger partial charge in [0, 0.05) is 19.1 Å². The van der Waals surface area contributed by atoms with Crippen molar-refractivity contribution in [3.63, 3.8) is 0 Å². The predicted octanol–water partition coefficient (Wildman–Crippen LogP) is 2.30. The lowest BCUT2D eigenvalue weighted by atomic mass is 9.93. The molecule has 0 bridgehead atoms. The average Bonchev–Trinajstić information content (AvgIpc) is 2.42. The summed E-state index contributed by atoms with van der Waals surface area (Å²) >= 11 is 0. The molecule has 2 atom stereocenters. The van der Waals surface area contributed by atoms with Crippen LogP contribution in [0.1, 0.15) is 30.0 Å². The van der Waals surface area contributed by atoms with Gasteiger partial charge in [-0.3, -0.25) is 4.79 Å². The van der Waals surface area contributed by atoms with Crippen molar-refractivity contribution in [3.05, 3.63) is 34.9 Å². The highest BCUT2D eigenvalue weighted by Crippen LogP contribution is 2.18. The Labute approximate surface area is 122 Å². The molecule has 1 saturated heterocycles. The lowest BCUT2D eigenvalue weighted by Crippen LogP contribution is -2.49. The zero-order valence-electron chi connectivity index (χ0n) is 13.1. The number of piperidine rings is 1. The largest absolute Gasteiger partial charge is 0.342 e. The van der Waals surface area contributed by atoms with Gasteiger partial charge in [0.1, 0.15) is 0 Å². The molecule has 2 rings (SSSR count). The Balaban J connectivity index is 1.97. The normalized spacial score (nSPS) is 22.9. The van der Waals surface area contributed by atoms with E-state index in [-0.39, 0.29) is 5.91 Å². The molecular formula is C17H26N2O. The van der Waals surface area contributed by atoms with E-state index in [9.17, 15) is 4.79 Å². The second kappa shape index (κ2) is 6.40. The SMILES string of the molecule is CNC1CCN(C(=O)Cc2ccc(C)c(C)c2)CC1C. The number of aryl methyl sites for hydroxylation is 2. The van der Waals surface area contributed by atoms with Crippen LogP contribution in [0.2, 0.25) is 0 Å². The molecule has 0 radical (unpaired) electrons. The Kier molecular flexibility index (Phi) is 4.81. The number of benzene rings is 1. The molecule has 3 heteroatoms. The van der Waals surface area contributed by atoms with Gasteiger partial charge in [0.25, 0.3) is 0 Å². The van der Waals surface area contributed by atoms with Crippen molar-refractivity contribution in [1.82, 2.24) is 10.2 Å². The van der Waals surface area contributed by atoms with Gasteiger partial charge in [-0.25, -0.2) is 0 Å². The fourth-order valence-corrected chi connectivity index (χ4v) is 3.00. The van der Waals surface area contributed by atoms with E-state index in [4.69, 9.17) is 0 Å². The number of nitrogens with zero attached hydrogens (tertiary/aromatic N) is 1. The standard InChI is InChI=1S/C17H26N2O/c1-12-5-6-15(9-13(12)2)10-17(20)19-8-7-16(18-4)14(3)11-19/h5-6,9,14,16,18H,7-8,10-11H2,1-4H3. The molecular weight excluding hydrogens is 248 g/mol. The molecule has 1 amide bonds. The predicted molar refractivity (Wildman–Crippen MR) is 82.8 cm³/mol. The van der Waals surface area contributed by atoms with E-state index in [1.54, 1.807) is 0 Å². The van der Waals surface area contributed by atoms with Gasteiger partial charge in [-0.05, 0) is 49.9 Å². The van der Waals surface area contributed by atoms with Crippen LogP contribution in [0.4, 0.5) is 0 Å². The lowest BCUT2D eigenvalue weighted by molar-refractivity contribution is -0.132. The highest BCUT2D eigenvalue weighted by Gasteiger charge is 2.27. The van der Waals surface area contributed by atoms with Gasteiger partial charge in [-0.2, -0.15) is 0 Å². The third-order valence-electron chi connectivity index (χ3n) is 4.56. The summed E-state index contributed by atoms with van der Waals surface area (Å²) in [5.74, 6) is 0.784. The van der Waals surface area contributed by atoms with Crippen molar-refractivity contribution in [1.29, 1.82) is 0 Å². The summed E-state index contributed by atoms with van der Waals surface area (Å²) < 4.78 is 0. The maximum Gasteiger partial charge on any atom is 0.227 e. The van der Waals surface area contributed by atoms with Crippen molar-refractivity contribution in [2.45, 2.75) is 39.7 Å². The van der Waals surface area contributed by atoms with Crippen molar-refractivity contribution in [3.8, 4) is 0 Å². The van der Waals surface area contributed by atoms with E-state index in [0.29, 0.717) is 18.4 Å². The first kappa shape index (κ1) is 15.0. The molecule has 1 aliphatic rings. The number of likely N-dealkylation sites (tertiary alicyclic amines) is 1. The highest BCUT2D eigenvalue weighted by atomic mass is 16.2. The zero-order valence-corrected chi connectivity index (χ0v) is 13.1. The van der Waals surface area contributed by atoms with Crippen molar-refractivity contribution >= 4 is 5.91 Å². The smallest absolute Gasteiger partial charge is 0.227 e. The molecule has 0 aromatic heterocycles. The number of nitrogens with one attached hydrogen (secondary N) is 1. The quantitative estimate of drug-likeness (QED) is 0.917. The third-order valence-corrected chi connectivity index (χ3v) is 4.56. The molecule has 0 aliphatic carbocycles. The summed E-state index contributed by atoms with van der Waals surface area (Å²) in [5.41, 5.74) is 3.67. The van der Waals surface area contributed by atoms with Gasteiger partial charge < -0.3 is 10.2 Å². The summed E-state index contributed by atoms with van der Waals surface area (Å²) in [4.78, 5) is 14.4. The molecule has 1 aromatic rings. The van der Waals surface area contributed by atoms with Crippen LogP contribution in [0.3, 0.4) is 0 Å². The summed E-state index contributed by atoms with van der Waals surface area (Å²) in [7, 11) is 2.01. The molecule has 0 spiro atoms. The molecule has 2 unspecified atom stereocenters. The highest BCUT2D eigenvalue weighted by molar-refractivity contribution is 5.79. The lowest BCUT2D eigenvalue weighted by Gasteiger charge is -2.37. The van der Waals surface area contributed by atoms with Gasteiger partial charge in [-0.1, -0.05) is 25.1 Å². The number of hydrogen-bond acceptors (Lipinski definition) is 2. The second-order valence-electron chi connectivity index (χ2n) is 6.10. The zero-order chi connectivity index (χ0) is 14.7. The van der Waals surface area contributed by atoms with E-state index >= 15 is 0 Å². The Morgan fingerprint density at radius 1 is 1.35 bits per heavy atom. The molecule has 1 aromatic carbocycles. The summed E-state index contributed by atoms with van der Waals surface area (Å²) in [5, 5.41) is 3.34. The van der Waals surface area contributed by atoms with Crippen molar-refractivity contribution in [2.24, 2.45) is 5.92 Å². The van der Waals surface area contributed by atoms with E-state index in [0.717, 1.165) is 25.1 Å². The van der Waals surface area contributed by atoms with E-state index in [1.807, 2.05) is 11.9 Å². The van der Waals surface area contributed by atoms with Gasteiger partial charge in [0.05, 0.1) is 6.42 Å². The van der Waals surface area contributed by atoms with E-state index in [1.165, 1.54) is 11.1 Å². The Morgan fingerprint density at radius 3 is 2.70 bits per heavy atom. The van der Waals surface area contributed by atoms with Crippen LogP contribution in [-0.2, 0) is 11.2 Å². The number of carbonyl (C=O) groups is 1. The Morgan fingerprint density at radius 2 is 2.10 bits per heavy atom. The third kappa shape index (κ3) is 3.40. The summed E-state index contributed by atoms with van der Waals surface area (Å²) in [6, 6.07) is 6.86. The van der Waals surface area contributed by atoms with Gasteiger partial charge in [0.15, 0.2) is 0 Å². The first-order chi connectivity index (χ1) is 9.51. The van der Waals surface area contributed by atoms with Crippen molar-refractivity contribution < 1.29 is 4.79 Å². The summed E-state index contributed by atoms with van der Waals surface area (Å²) in [6.07, 6.45) is 1.58. The average molecular weight is 274 g/mol. The monoisotopic (exact) mass is 274 g/mol. The number of carbonyl (C=O) groups excluding carboxylic acids is 1. The van der Waals surface area contributed by atoms with Crippen LogP contribution in [-0.4, -0.2) is 37.0 Å². The topological polar surface area (TPSA) is 32.3 Å². The Hall–Kier alpha value is -1.35. The number of rotatable bonds is 3. The minimum absolute atomic E-state index is 0.259. The number of amides is 1. The second-order valence-corrected chi connectivity index (χ2v) is 6.10. The van der Waals surface area contributed by atoms with Crippen LogP contribution < -0.4 is 5.32 Å². The molecule has 1 N–H and O–H groups in total. The molecule has 110 valence electrons. The molecule has 1 fully saturated rings. The van der Waals surface area contributed by atoms with Gasteiger partial charge >= 0.3 is 0 Å². The maximum atomic E-state index is 12.4. The van der Waals surface area contributed by atoms with Crippen LogP contribution in [0.5, 0.6) is 0 Å². The molecule has 20 heavy (non-hydrogen) atoms. The first-order valence-electron chi connectivity index (χ1n) is 7.52. The minimum Gasteiger partial charge on any atom is -0.342 e. The fraction of sp³-hybridized carbons (Fsp3) is 0.588. The van der Waals surface area contributed by atoms with Crippen LogP contribution in [0.25, 0.3) is 0 Å². The van der Waals surface area contributed by atoms with Crippen LogP contribution >= 0.6 is 0 Å². The molecule has 1 aliphatic heterocycles. The van der Waals surface area contributed by atoms with E-state index < -0.39 is 0 Å². The fourth-order valence-electron chi connectivity index (χ4n) is 3.00. The van der Waals surface area contributed by atoms with Gasteiger partial charge in [-0.15, -0.1) is 0 Å². The maximum absolute atomic E-state index is 12.4. The minimum atomic E-state index is 0.259. The van der Waals surface area contributed by atoms with Crippen molar-refractivity contribution in [2.75, 3.05) is 20.1 Å². The molecule has 3 nitrogen and oxygen atoms in total. The van der Waals surface area contributed by atoms with E-state index in [2.05, 4.69) is 44.3 Å². The van der Waals surface area contributed by atoms with Crippen LogP contribution in [0.15, 0.2) is 18.2 Å².